The number of anilines is 1. The quantitative estimate of drug-likeness (QED) is 0.647. The Kier molecular flexibility index (Phi) is 4.74. The highest BCUT2D eigenvalue weighted by Gasteiger charge is 2.17. The Morgan fingerprint density at radius 2 is 1.85 bits per heavy atom. The number of benzene rings is 2. The fraction of sp³-hybridized carbons (Fsp3) is 0.0714. The molecule has 0 saturated carbocycles. The minimum absolute atomic E-state index is 0.274. The Morgan fingerprint density at radius 3 is 2.45 bits per heavy atom. The maximum absolute atomic E-state index is 13.7. The summed E-state index contributed by atoms with van der Waals surface area (Å²) in [6.45, 7) is 1.86. The van der Waals surface area contributed by atoms with Crippen molar-refractivity contribution >= 4 is 50.1 Å². The zero-order valence-electron chi connectivity index (χ0n) is 10.3. The van der Waals surface area contributed by atoms with E-state index in [4.69, 9.17) is 0 Å². The van der Waals surface area contributed by atoms with Gasteiger partial charge < -0.3 is 5.32 Å². The van der Waals surface area contributed by atoms with Gasteiger partial charge in [0.25, 0.3) is 5.91 Å². The maximum atomic E-state index is 13.7. The number of amides is 1. The van der Waals surface area contributed by atoms with E-state index in [1.165, 1.54) is 0 Å². The summed E-state index contributed by atoms with van der Waals surface area (Å²) in [5.41, 5.74) is 0.859. The number of carbonyl (C=O) groups is 1. The third-order valence-electron chi connectivity index (χ3n) is 2.68. The molecule has 0 fully saturated rings. The fourth-order valence-corrected chi connectivity index (χ4v) is 2.67. The van der Waals surface area contributed by atoms with Crippen LogP contribution >= 0.6 is 38.5 Å². The second-order valence-corrected chi connectivity index (χ2v) is 6.13. The Morgan fingerprint density at radius 1 is 1.25 bits per heavy atom. The van der Waals surface area contributed by atoms with Gasteiger partial charge in [-0.3, -0.25) is 4.79 Å². The van der Waals surface area contributed by atoms with E-state index >= 15 is 0 Å². The number of hydrogen-bond donors (Lipinski definition) is 1. The van der Waals surface area contributed by atoms with Crippen LogP contribution in [0, 0.1) is 22.1 Å². The van der Waals surface area contributed by atoms with Gasteiger partial charge in [0.1, 0.15) is 5.69 Å². The first-order valence-corrected chi connectivity index (χ1v) is 7.48. The van der Waals surface area contributed by atoms with Crippen LogP contribution in [0.5, 0.6) is 0 Å². The first kappa shape index (κ1) is 15.4. The predicted molar refractivity (Wildman–Crippen MR) is 85.9 cm³/mol. The molecular formula is C14H9BrF2INO. The molecule has 0 spiro atoms. The monoisotopic (exact) mass is 451 g/mol. The maximum Gasteiger partial charge on any atom is 0.256 e. The average Bonchev–Trinajstić information content (AvgIpc) is 2.36. The molecule has 6 heteroatoms. The third-order valence-corrected chi connectivity index (χ3v) is 4.57. The molecule has 20 heavy (non-hydrogen) atoms. The van der Waals surface area contributed by atoms with Gasteiger partial charge >= 0.3 is 0 Å². The molecule has 0 radical (unpaired) electrons. The summed E-state index contributed by atoms with van der Waals surface area (Å²) >= 11 is 5.02. The molecule has 0 atom stereocenters. The molecule has 0 aliphatic carbocycles. The molecule has 0 bridgehead atoms. The van der Waals surface area contributed by atoms with Crippen LogP contribution in [0.1, 0.15) is 15.9 Å². The summed E-state index contributed by atoms with van der Waals surface area (Å²) in [7, 11) is 0. The molecule has 104 valence electrons. The Bertz CT molecular complexity index is 668. The summed E-state index contributed by atoms with van der Waals surface area (Å²) < 4.78 is 28.4. The minimum atomic E-state index is -0.826. The highest BCUT2D eigenvalue weighted by Crippen LogP contribution is 2.25. The first-order valence-electron chi connectivity index (χ1n) is 5.61. The van der Waals surface area contributed by atoms with Crippen LogP contribution in [0.3, 0.4) is 0 Å². The zero-order valence-corrected chi connectivity index (χ0v) is 14.1. The van der Waals surface area contributed by atoms with Crippen LogP contribution in [0.15, 0.2) is 34.8 Å². The molecule has 0 aliphatic heterocycles. The molecule has 0 unspecified atom stereocenters. The molecule has 0 aromatic heterocycles. The van der Waals surface area contributed by atoms with Gasteiger partial charge in [-0.15, -0.1) is 0 Å². The van der Waals surface area contributed by atoms with Gasteiger partial charge in [-0.1, -0.05) is 28.1 Å². The Labute approximate surface area is 136 Å². The molecule has 2 nitrogen and oxygen atoms in total. The number of carbonyl (C=O) groups excluding carboxylic acids is 1. The van der Waals surface area contributed by atoms with E-state index in [-0.39, 0.29) is 4.47 Å². The third kappa shape index (κ3) is 3.17. The summed E-state index contributed by atoms with van der Waals surface area (Å²) in [5, 5.41) is 2.28. The molecule has 1 N–H and O–H groups in total. The lowest BCUT2D eigenvalue weighted by atomic mass is 10.1. The van der Waals surface area contributed by atoms with Crippen LogP contribution in [0.25, 0.3) is 0 Å². The van der Waals surface area contributed by atoms with E-state index in [1.807, 2.05) is 35.6 Å². The largest absolute Gasteiger partial charge is 0.317 e. The molecule has 0 aliphatic rings. The zero-order chi connectivity index (χ0) is 14.9. The fourth-order valence-electron chi connectivity index (χ4n) is 1.67. The van der Waals surface area contributed by atoms with Gasteiger partial charge in [0, 0.05) is 8.04 Å². The van der Waals surface area contributed by atoms with Crippen molar-refractivity contribution in [3.8, 4) is 0 Å². The van der Waals surface area contributed by atoms with Crippen LogP contribution in [0.2, 0.25) is 0 Å². The van der Waals surface area contributed by atoms with Crippen LogP contribution in [-0.4, -0.2) is 5.91 Å². The van der Waals surface area contributed by atoms with Crippen molar-refractivity contribution in [3.63, 3.8) is 0 Å². The SMILES string of the molecule is Cc1cccc(C(=O)Nc2c(F)cc(Br)cc2F)c1I. The molecule has 1 amide bonds. The number of hydrogen-bond acceptors (Lipinski definition) is 1. The summed E-state index contributed by atoms with van der Waals surface area (Å²) in [6, 6.07) is 7.39. The van der Waals surface area contributed by atoms with Gasteiger partial charge in [-0.2, -0.15) is 0 Å². The van der Waals surface area contributed by atoms with Crippen molar-refractivity contribution in [3.05, 3.63) is 61.1 Å². The molecule has 2 rings (SSSR count). The number of halogens is 4. The Hall–Kier alpha value is -1.02. The van der Waals surface area contributed by atoms with Crippen LogP contribution in [-0.2, 0) is 0 Å². The van der Waals surface area contributed by atoms with Gasteiger partial charge in [0.2, 0.25) is 0 Å². The van der Waals surface area contributed by atoms with Gasteiger partial charge in [0.05, 0.1) is 5.56 Å². The molecule has 0 heterocycles. The highest BCUT2D eigenvalue weighted by atomic mass is 127. The lowest BCUT2D eigenvalue weighted by molar-refractivity contribution is 0.102. The van der Waals surface area contributed by atoms with Crippen molar-refractivity contribution in [2.45, 2.75) is 6.92 Å². The van der Waals surface area contributed by atoms with E-state index in [2.05, 4.69) is 21.2 Å². The van der Waals surface area contributed by atoms with E-state index in [0.29, 0.717) is 5.56 Å². The second kappa shape index (κ2) is 6.17. The van der Waals surface area contributed by atoms with E-state index in [9.17, 15) is 13.6 Å². The van der Waals surface area contributed by atoms with Crippen LogP contribution < -0.4 is 5.32 Å². The smallest absolute Gasteiger partial charge is 0.256 e. The number of aryl methyl sites for hydroxylation is 1. The van der Waals surface area contributed by atoms with Gasteiger partial charge in [-0.25, -0.2) is 8.78 Å². The minimum Gasteiger partial charge on any atom is -0.317 e. The molecule has 2 aromatic carbocycles. The highest BCUT2D eigenvalue weighted by molar-refractivity contribution is 14.1. The van der Waals surface area contributed by atoms with Crippen molar-refractivity contribution in [1.82, 2.24) is 0 Å². The van der Waals surface area contributed by atoms with Gasteiger partial charge in [-0.05, 0) is 53.3 Å². The predicted octanol–water partition coefficient (Wildman–Crippen LogP) is 4.89. The van der Waals surface area contributed by atoms with Crippen molar-refractivity contribution < 1.29 is 13.6 Å². The summed E-state index contributed by atoms with van der Waals surface area (Å²) in [6.07, 6.45) is 0. The topological polar surface area (TPSA) is 29.1 Å². The molecular weight excluding hydrogens is 443 g/mol. The van der Waals surface area contributed by atoms with Crippen molar-refractivity contribution in [2.24, 2.45) is 0 Å². The van der Waals surface area contributed by atoms with E-state index in [0.717, 1.165) is 21.3 Å². The molecule has 2 aromatic rings. The Balaban J connectivity index is 2.36. The summed E-state index contributed by atoms with van der Waals surface area (Å²) in [5.74, 6) is -2.20. The second-order valence-electron chi connectivity index (χ2n) is 4.14. The lowest BCUT2D eigenvalue weighted by Crippen LogP contribution is -2.16. The normalized spacial score (nSPS) is 10.4. The van der Waals surface area contributed by atoms with Crippen molar-refractivity contribution in [2.75, 3.05) is 5.32 Å². The standard InChI is InChI=1S/C14H9BrF2INO/c1-7-3-2-4-9(12(7)18)14(20)19-13-10(16)5-8(15)6-11(13)17/h2-6H,1H3,(H,19,20). The number of nitrogens with one attached hydrogen (secondary N) is 1. The van der Waals surface area contributed by atoms with Crippen molar-refractivity contribution in [1.29, 1.82) is 0 Å². The lowest BCUT2D eigenvalue weighted by Gasteiger charge is -2.10. The first-order chi connectivity index (χ1) is 9.40. The van der Waals surface area contributed by atoms with E-state index in [1.54, 1.807) is 12.1 Å². The van der Waals surface area contributed by atoms with Gasteiger partial charge in [0.15, 0.2) is 11.6 Å². The number of rotatable bonds is 2. The summed E-state index contributed by atoms with van der Waals surface area (Å²) in [4.78, 5) is 12.1. The van der Waals surface area contributed by atoms with E-state index < -0.39 is 23.2 Å². The molecule has 0 saturated heterocycles. The average molecular weight is 452 g/mol. The van der Waals surface area contributed by atoms with Crippen LogP contribution in [0.4, 0.5) is 14.5 Å².